The molecule has 0 spiro atoms. The number of nitrogens with zero attached hydrogens (tertiary/aromatic N) is 4. The highest BCUT2D eigenvalue weighted by Gasteiger charge is 2.16. The second kappa shape index (κ2) is 8.94. The number of guanidine groups is 1. The van der Waals surface area contributed by atoms with Crippen molar-refractivity contribution in [3.05, 3.63) is 23.0 Å². The number of aryl methyl sites for hydroxylation is 1. The maximum absolute atomic E-state index is 12.1. The van der Waals surface area contributed by atoms with E-state index < -0.39 is 0 Å². The molecule has 0 aliphatic carbocycles. The normalized spacial score (nSPS) is 15.5. The number of aliphatic imine (C=N–C) groups is 1. The van der Waals surface area contributed by atoms with Gasteiger partial charge in [-0.25, -0.2) is 0 Å². The molecule has 0 saturated carbocycles. The van der Waals surface area contributed by atoms with Crippen molar-refractivity contribution < 1.29 is 9.53 Å². The third-order valence-electron chi connectivity index (χ3n) is 4.03. The van der Waals surface area contributed by atoms with Crippen LogP contribution in [-0.2, 0) is 23.1 Å². The van der Waals surface area contributed by atoms with E-state index in [1.54, 1.807) is 7.05 Å². The van der Waals surface area contributed by atoms with Gasteiger partial charge in [0.15, 0.2) is 5.96 Å². The molecule has 0 atom stereocenters. The van der Waals surface area contributed by atoms with Crippen LogP contribution >= 0.6 is 11.6 Å². The van der Waals surface area contributed by atoms with Crippen LogP contribution in [0.3, 0.4) is 0 Å². The molecule has 2 heterocycles. The molecule has 7 nitrogen and oxygen atoms in total. The van der Waals surface area contributed by atoms with Crippen LogP contribution in [-0.4, -0.2) is 73.2 Å². The van der Waals surface area contributed by atoms with Crippen molar-refractivity contribution in [2.24, 2.45) is 12.0 Å². The number of ether oxygens (including phenoxy) is 1. The van der Waals surface area contributed by atoms with E-state index in [-0.39, 0.29) is 5.91 Å². The summed E-state index contributed by atoms with van der Waals surface area (Å²) in [5, 5.41) is 3.96. The number of carbonyl (C=O) groups excluding carboxylic acids is 1. The molecule has 134 valence electrons. The first-order chi connectivity index (χ1) is 11.5. The first kappa shape index (κ1) is 18.6. The van der Waals surface area contributed by atoms with Gasteiger partial charge < -0.3 is 24.4 Å². The van der Waals surface area contributed by atoms with E-state index in [1.807, 2.05) is 40.7 Å². The van der Waals surface area contributed by atoms with E-state index in [2.05, 4.69) is 10.3 Å². The standard InChI is InChI=1S/C16H26ClN5O2/c1-18-16(21(3)12-14-10-13(17)11-20(14)2)19-5-4-15(23)22-6-8-24-9-7-22/h10-11H,4-9,12H2,1-3H3,(H,18,19). The molecule has 1 aromatic heterocycles. The number of hydrogen-bond donors (Lipinski definition) is 1. The summed E-state index contributed by atoms with van der Waals surface area (Å²) in [6, 6.07) is 1.94. The Labute approximate surface area is 148 Å². The Morgan fingerprint density at radius 2 is 2.17 bits per heavy atom. The van der Waals surface area contributed by atoms with Crippen molar-refractivity contribution in [3.8, 4) is 0 Å². The Balaban J connectivity index is 1.79. The summed E-state index contributed by atoms with van der Waals surface area (Å²) in [6.45, 7) is 3.86. The van der Waals surface area contributed by atoms with Gasteiger partial charge in [0, 0.05) is 59.1 Å². The molecule has 0 aromatic carbocycles. The zero-order chi connectivity index (χ0) is 17.5. The van der Waals surface area contributed by atoms with Crippen LogP contribution in [0.25, 0.3) is 0 Å². The lowest BCUT2D eigenvalue weighted by molar-refractivity contribution is -0.135. The van der Waals surface area contributed by atoms with Crippen molar-refractivity contribution in [3.63, 3.8) is 0 Å². The molecular weight excluding hydrogens is 330 g/mol. The lowest BCUT2D eigenvalue weighted by Crippen LogP contribution is -2.43. The van der Waals surface area contributed by atoms with Gasteiger partial charge in [0.2, 0.25) is 5.91 Å². The van der Waals surface area contributed by atoms with E-state index in [9.17, 15) is 4.79 Å². The van der Waals surface area contributed by atoms with Crippen LogP contribution in [0.2, 0.25) is 5.02 Å². The molecular formula is C16H26ClN5O2. The first-order valence-electron chi connectivity index (χ1n) is 8.09. The SMILES string of the molecule is CN=C(NCCC(=O)N1CCOCC1)N(C)Cc1cc(Cl)cn1C. The topological polar surface area (TPSA) is 62.1 Å². The van der Waals surface area contributed by atoms with Crippen molar-refractivity contribution in [1.29, 1.82) is 0 Å². The predicted molar refractivity (Wildman–Crippen MR) is 95.3 cm³/mol. The third kappa shape index (κ3) is 5.14. The second-order valence-corrected chi connectivity index (χ2v) is 6.27. The Morgan fingerprint density at radius 1 is 1.46 bits per heavy atom. The quantitative estimate of drug-likeness (QED) is 0.630. The van der Waals surface area contributed by atoms with Gasteiger partial charge >= 0.3 is 0 Å². The fourth-order valence-corrected chi connectivity index (χ4v) is 2.95. The van der Waals surface area contributed by atoms with Crippen LogP contribution < -0.4 is 5.32 Å². The van der Waals surface area contributed by atoms with Crippen molar-refractivity contribution in [1.82, 2.24) is 19.7 Å². The number of halogens is 1. The smallest absolute Gasteiger partial charge is 0.224 e. The molecule has 24 heavy (non-hydrogen) atoms. The van der Waals surface area contributed by atoms with Crippen LogP contribution in [0.1, 0.15) is 12.1 Å². The minimum Gasteiger partial charge on any atom is -0.378 e. The lowest BCUT2D eigenvalue weighted by Gasteiger charge is -2.27. The summed E-state index contributed by atoms with van der Waals surface area (Å²) >= 11 is 6.02. The zero-order valence-corrected chi connectivity index (χ0v) is 15.3. The van der Waals surface area contributed by atoms with Crippen LogP contribution in [0.4, 0.5) is 0 Å². The molecule has 1 fully saturated rings. The molecule has 1 N–H and O–H groups in total. The van der Waals surface area contributed by atoms with E-state index in [0.29, 0.717) is 45.8 Å². The Hall–Kier alpha value is -1.73. The van der Waals surface area contributed by atoms with Crippen LogP contribution in [0.15, 0.2) is 17.3 Å². The number of hydrogen-bond acceptors (Lipinski definition) is 3. The van der Waals surface area contributed by atoms with Gasteiger partial charge in [-0.3, -0.25) is 9.79 Å². The second-order valence-electron chi connectivity index (χ2n) is 5.83. The minimum absolute atomic E-state index is 0.151. The summed E-state index contributed by atoms with van der Waals surface area (Å²) in [6.07, 6.45) is 2.32. The van der Waals surface area contributed by atoms with Gasteiger partial charge in [0.1, 0.15) is 0 Å². The van der Waals surface area contributed by atoms with Crippen LogP contribution in [0.5, 0.6) is 0 Å². The van der Waals surface area contributed by atoms with Crippen LogP contribution in [0, 0.1) is 0 Å². The lowest BCUT2D eigenvalue weighted by atomic mass is 10.3. The molecule has 1 aliphatic heterocycles. The van der Waals surface area contributed by atoms with Crippen molar-refractivity contribution in [2.45, 2.75) is 13.0 Å². The van der Waals surface area contributed by atoms with Gasteiger partial charge in [-0.2, -0.15) is 0 Å². The highest BCUT2D eigenvalue weighted by Crippen LogP contribution is 2.14. The average molecular weight is 356 g/mol. The first-order valence-corrected chi connectivity index (χ1v) is 8.47. The molecule has 0 unspecified atom stereocenters. The van der Waals surface area contributed by atoms with Crippen molar-refractivity contribution >= 4 is 23.5 Å². The number of carbonyl (C=O) groups is 1. The Kier molecular flexibility index (Phi) is 6.93. The molecule has 1 amide bonds. The van der Waals surface area contributed by atoms with E-state index in [0.717, 1.165) is 16.7 Å². The molecule has 0 radical (unpaired) electrons. The molecule has 2 rings (SSSR count). The fourth-order valence-electron chi connectivity index (χ4n) is 2.68. The minimum atomic E-state index is 0.151. The summed E-state index contributed by atoms with van der Waals surface area (Å²) in [4.78, 5) is 20.3. The summed E-state index contributed by atoms with van der Waals surface area (Å²) in [5.41, 5.74) is 1.09. The van der Waals surface area contributed by atoms with E-state index in [4.69, 9.17) is 16.3 Å². The Bertz CT molecular complexity index is 581. The van der Waals surface area contributed by atoms with Gasteiger partial charge in [-0.15, -0.1) is 0 Å². The average Bonchev–Trinajstić information content (AvgIpc) is 2.89. The molecule has 8 heteroatoms. The maximum Gasteiger partial charge on any atom is 0.224 e. The monoisotopic (exact) mass is 355 g/mol. The molecule has 1 saturated heterocycles. The maximum atomic E-state index is 12.1. The van der Waals surface area contributed by atoms with E-state index >= 15 is 0 Å². The third-order valence-corrected chi connectivity index (χ3v) is 4.24. The summed E-state index contributed by atoms with van der Waals surface area (Å²) in [5.74, 6) is 0.903. The number of aromatic nitrogens is 1. The van der Waals surface area contributed by atoms with Gasteiger partial charge in [-0.1, -0.05) is 11.6 Å². The summed E-state index contributed by atoms with van der Waals surface area (Å²) < 4.78 is 7.26. The molecule has 1 aromatic rings. The molecule has 1 aliphatic rings. The largest absolute Gasteiger partial charge is 0.378 e. The fraction of sp³-hybridized carbons (Fsp3) is 0.625. The highest BCUT2D eigenvalue weighted by atomic mass is 35.5. The van der Waals surface area contributed by atoms with Gasteiger partial charge in [0.05, 0.1) is 24.8 Å². The highest BCUT2D eigenvalue weighted by molar-refractivity contribution is 6.30. The Morgan fingerprint density at radius 3 is 2.75 bits per heavy atom. The number of rotatable bonds is 5. The van der Waals surface area contributed by atoms with Gasteiger partial charge in [0.25, 0.3) is 0 Å². The number of nitrogens with one attached hydrogen (secondary N) is 1. The van der Waals surface area contributed by atoms with E-state index in [1.165, 1.54) is 0 Å². The predicted octanol–water partition coefficient (Wildman–Crippen LogP) is 0.935. The van der Waals surface area contributed by atoms with Gasteiger partial charge in [-0.05, 0) is 6.07 Å². The summed E-state index contributed by atoms with van der Waals surface area (Å²) in [7, 11) is 5.66. The zero-order valence-electron chi connectivity index (χ0n) is 14.6. The van der Waals surface area contributed by atoms with Crippen molar-refractivity contribution in [2.75, 3.05) is 46.9 Å². The number of amides is 1. The number of morpholine rings is 1. The molecule has 0 bridgehead atoms.